The van der Waals surface area contributed by atoms with Gasteiger partial charge in [-0.1, -0.05) is 11.6 Å². The molecule has 8 nitrogen and oxygen atoms in total. The van der Waals surface area contributed by atoms with Crippen LogP contribution in [0.5, 0.6) is 0 Å². The van der Waals surface area contributed by atoms with Crippen molar-refractivity contribution in [3.05, 3.63) is 24.4 Å². The lowest BCUT2D eigenvalue weighted by Crippen LogP contribution is -2.48. The first-order chi connectivity index (χ1) is 13.3. The topological polar surface area (TPSA) is 97.0 Å². The molecule has 0 unspecified atom stereocenters. The molecule has 144 valence electrons. The van der Waals surface area contributed by atoms with E-state index in [1.807, 2.05) is 0 Å². The Kier molecular flexibility index (Phi) is 5.72. The fraction of sp³-hybridized carbons (Fsp3) is 0.632. The first kappa shape index (κ1) is 18.0. The Hall–Kier alpha value is -2.35. The van der Waals surface area contributed by atoms with E-state index in [4.69, 9.17) is 4.52 Å². The number of rotatable bonds is 6. The highest BCUT2D eigenvalue weighted by Gasteiger charge is 2.32. The van der Waals surface area contributed by atoms with Gasteiger partial charge in [0.1, 0.15) is 0 Å². The molecule has 0 aromatic carbocycles. The van der Waals surface area contributed by atoms with Crippen LogP contribution in [0, 0.1) is 5.92 Å². The molecule has 0 aliphatic carbocycles. The van der Waals surface area contributed by atoms with Crippen molar-refractivity contribution in [3.8, 4) is 11.6 Å². The molecule has 1 N–H and O–H groups in total. The number of aromatic nitrogens is 4. The van der Waals surface area contributed by atoms with Gasteiger partial charge in [0, 0.05) is 24.9 Å². The van der Waals surface area contributed by atoms with Crippen LogP contribution in [0.4, 0.5) is 0 Å². The highest BCUT2D eigenvalue weighted by molar-refractivity contribution is 5.75. The van der Waals surface area contributed by atoms with Gasteiger partial charge in [-0.3, -0.25) is 4.79 Å². The molecule has 0 bridgehead atoms. The lowest BCUT2D eigenvalue weighted by atomic mass is 9.81. The van der Waals surface area contributed by atoms with E-state index in [0.29, 0.717) is 35.9 Å². The van der Waals surface area contributed by atoms with Crippen LogP contribution in [0.15, 0.2) is 23.0 Å². The van der Waals surface area contributed by atoms with Gasteiger partial charge in [-0.05, 0) is 57.2 Å². The van der Waals surface area contributed by atoms with E-state index in [2.05, 4.69) is 30.3 Å². The minimum Gasteiger partial charge on any atom is -0.347 e. The summed E-state index contributed by atoms with van der Waals surface area (Å²) in [6.45, 7) is 2.70. The predicted molar refractivity (Wildman–Crippen MR) is 98.3 cm³/mol. The molecule has 2 fully saturated rings. The number of nitrogens with zero attached hydrogens (tertiary/aromatic N) is 5. The molecule has 0 saturated carbocycles. The average molecular weight is 370 g/mol. The summed E-state index contributed by atoms with van der Waals surface area (Å²) in [6.07, 6.45) is 11.2. The van der Waals surface area contributed by atoms with Gasteiger partial charge in [0.2, 0.25) is 23.4 Å². The van der Waals surface area contributed by atoms with Crippen molar-refractivity contribution in [2.45, 2.75) is 57.5 Å². The van der Waals surface area contributed by atoms with E-state index < -0.39 is 0 Å². The molecule has 2 aromatic heterocycles. The number of hydrogen-bond donors (Lipinski definition) is 1. The van der Waals surface area contributed by atoms with Crippen LogP contribution in [0.25, 0.3) is 11.6 Å². The average Bonchev–Trinajstić information content (AvgIpc) is 3.20. The molecular weight excluding hydrogens is 344 g/mol. The molecule has 2 saturated heterocycles. The Morgan fingerprint density at radius 1 is 1.15 bits per heavy atom. The number of fused-ring (bicyclic) bond motifs is 1. The van der Waals surface area contributed by atoms with Gasteiger partial charge in [0.25, 0.3) is 0 Å². The monoisotopic (exact) mass is 370 g/mol. The molecule has 2 aromatic rings. The quantitative estimate of drug-likeness (QED) is 0.832. The molecule has 8 heteroatoms. The molecule has 0 radical (unpaired) electrons. The van der Waals surface area contributed by atoms with E-state index in [1.165, 1.54) is 45.2 Å². The van der Waals surface area contributed by atoms with Crippen molar-refractivity contribution >= 4 is 5.91 Å². The molecule has 1 amide bonds. The maximum absolute atomic E-state index is 12.3. The van der Waals surface area contributed by atoms with E-state index in [9.17, 15) is 4.79 Å². The third kappa shape index (κ3) is 4.50. The summed E-state index contributed by atoms with van der Waals surface area (Å²) in [7, 11) is 0. The second-order valence-corrected chi connectivity index (χ2v) is 7.40. The van der Waals surface area contributed by atoms with Gasteiger partial charge in [-0.25, -0.2) is 9.97 Å². The molecular formula is C19H26N6O2. The van der Waals surface area contributed by atoms with Crippen LogP contribution in [-0.4, -0.2) is 50.0 Å². The van der Waals surface area contributed by atoms with Gasteiger partial charge >= 0.3 is 0 Å². The predicted octanol–water partition coefficient (Wildman–Crippen LogP) is 2.19. The van der Waals surface area contributed by atoms with Gasteiger partial charge in [0.05, 0.1) is 6.54 Å². The molecule has 4 rings (SSSR count). The van der Waals surface area contributed by atoms with Crippen LogP contribution >= 0.6 is 0 Å². The van der Waals surface area contributed by atoms with E-state index in [1.54, 1.807) is 18.5 Å². The SMILES string of the molecule is O=C(CC[C@@H]1CCCN2CCCC[C@H]12)NCc1nc(-c2ncccn2)no1. The van der Waals surface area contributed by atoms with Crippen molar-refractivity contribution < 1.29 is 9.32 Å². The Labute approximate surface area is 158 Å². The second-order valence-electron chi connectivity index (χ2n) is 7.40. The fourth-order valence-electron chi connectivity index (χ4n) is 4.33. The number of piperidine rings is 2. The number of hydrogen-bond acceptors (Lipinski definition) is 7. The lowest BCUT2D eigenvalue weighted by molar-refractivity contribution is -0.121. The molecule has 2 aliphatic heterocycles. The minimum atomic E-state index is 0.0404. The molecule has 27 heavy (non-hydrogen) atoms. The Balaban J connectivity index is 1.24. The third-order valence-electron chi connectivity index (χ3n) is 5.64. The first-order valence-electron chi connectivity index (χ1n) is 9.90. The summed E-state index contributed by atoms with van der Waals surface area (Å²) >= 11 is 0. The zero-order chi connectivity index (χ0) is 18.5. The number of amides is 1. The van der Waals surface area contributed by atoms with Crippen molar-refractivity contribution in [2.75, 3.05) is 13.1 Å². The highest BCUT2D eigenvalue weighted by Crippen LogP contribution is 2.33. The van der Waals surface area contributed by atoms with E-state index in [-0.39, 0.29) is 12.5 Å². The normalized spacial score (nSPS) is 23.0. The van der Waals surface area contributed by atoms with Crippen LogP contribution in [-0.2, 0) is 11.3 Å². The summed E-state index contributed by atoms with van der Waals surface area (Å²) < 4.78 is 5.17. The van der Waals surface area contributed by atoms with Crippen molar-refractivity contribution in [1.29, 1.82) is 0 Å². The van der Waals surface area contributed by atoms with Crippen LogP contribution in [0.1, 0.15) is 50.8 Å². The molecule has 2 aliphatic rings. The summed E-state index contributed by atoms with van der Waals surface area (Å²) in [5.74, 6) is 1.79. The largest absolute Gasteiger partial charge is 0.347 e. The molecule has 0 spiro atoms. The van der Waals surface area contributed by atoms with Crippen LogP contribution in [0.3, 0.4) is 0 Å². The van der Waals surface area contributed by atoms with E-state index in [0.717, 1.165) is 6.42 Å². The standard InChI is InChI=1S/C19H26N6O2/c26-16(8-7-14-5-3-12-25-11-2-1-6-15(14)25)22-13-17-23-19(24-27-17)18-20-9-4-10-21-18/h4,9-10,14-15H,1-3,5-8,11-13H2,(H,22,26)/t14-,15+/m0/s1. The highest BCUT2D eigenvalue weighted by atomic mass is 16.5. The minimum absolute atomic E-state index is 0.0404. The van der Waals surface area contributed by atoms with Gasteiger partial charge in [-0.15, -0.1) is 0 Å². The van der Waals surface area contributed by atoms with Gasteiger partial charge in [-0.2, -0.15) is 4.98 Å². The summed E-state index contributed by atoms with van der Waals surface area (Å²) in [4.78, 5) is 27.3. The first-order valence-corrected chi connectivity index (χ1v) is 9.90. The smallest absolute Gasteiger partial charge is 0.246 e. The van der Waals surface area contributed by atoms with Crippen molar-refractivity contribution in [2.24, 2.45) is 5.92 Å². The summed E-state index contributed by atoms with van der Waals surface area (Å²) in [5, 5.41) is 6.75. The molecule has 4 heterocycles. The zero-order valence-electron chi connectivity index (χ0n) is 15.5. The Bertz CT molecular complexity index is 748. The van der Waals surface area contributed by atoms with Crippen molar-refractivity contribution in [1.82, 2.24) is 30.3 Å². The lowest BCUT2D eigenvalue weighted by Gasteiger charge is -2.44. The maximum Gasteiger partial charge on any atom is 0.246 e. The van der Waals surface area contributed by atoms with Gasteiger partial charge in [0.15, 0.2) is 0 Å². The molecule has 2 atom stereocenters. The van der Waals surface area contributed by atoms with Gasteiger partial charge < -0.3 is 14.7 Å². The summed E-state index contributed by atoms with van der Waals surface area (Å²) in [5.41, 5.74) is 0. The number of carbonyl (C=O) groups excluding carboxylic acids is 1. The maximum atomic E-state index is 12.3. The third-order valence-corrected chi connectivity index (χ3v) is 5.64. The fourth-order valence-corrected chi connectivity index (χ4v) is 4.33. The second kappa shape index (κ2) is 8.56. The number of carbonyl (C=O) groups is 1. The van der Waals surface area contributed by atoms with E-state index >= 15 is 0 Å². The van der Waals surface area contributed by atoms with Crippen molar-refractivity contribution in [3.63, 3.8) is 0 Å². The Morgan fingerprint density at radius 3 is 2.89 bits per heavy atom. The van der Waals surface area contributed by atoms with Crippen LogP contribution in [0.2, 0.25) is 0 Å². The van der Waals surface area contributed by atoms with Crippen LogP contribution < -0.4 is 5.32 Å². The Morgan fingerprint density at radius 2 is 2.00 bits per heavy atom. The number of nitrogens with one attached hydrogen (secondary N) is 1. The zero-order valence-corrected chi connectivity index (χ0v) is 15.5. The summed E-state index contributed by atoms with van der Waals surface area (Å²) in [6, 6.07) is 2.41.